The summed E-state index contributed by atoms with van der Waals surface area (Å²) in [5.74, 6) is 0. The van der Waals surface area contributed by atoms with E-state index in [1.165, 1.54) is 0 Å². The molecule has 0 aliphatic carbocycles. The fraction of sp³-hybridized carbons (Fsp3) is 0.125. The van der Waals surface area contributed by atoms with Crippen LogP contribution in [-0.4, -0.2) is 0 Å². The summed E-state index contributed by atoms with van der Waals surface area (Å²) in [6, 6.07) is 8.08. The normalized spacial score (nSPS) is 9.18. The zero-order valence-electron chi connectivity index (χ0n) is 5.64. The molecule has 0 saturated heterocycles. The summed E-state index contributed by atoms with van der Waals surface area (Å²) in [5.41, 5.74) is 1.09. The summed E-state index contributed by atoms with van der Waals surface area (Å²) in [6.07, 6.45) is 0.484. The number of halogens is 2. The summed E-state index contributed by atoms with van der Waals surface area (Å²) in [7, 11) is 0. The maximum atomic E-state index is 8.47. The number of rotatable bonds is 1. The minimum atomic E-state index is 0.484. The van der Waals surface area contributed by atoms with Gasteiger partial charge in [-0.15, -0.1) is 0 Å². The molecule has 0 aromatic heterocycles. The largest absolute Gasteiger partial charge is 0.198 e. The van der Waals surface area contributed by atoms with Gasteiger partial charge in [-0.3, -0.25) is 0 Å². The predicted molar refractivity (Wildman–Crippen MR) is 56.2 cm³/mol. The lowest BCUT2D eigenvalue weighted by molar-refractivity contribution is 1.24. The van der Waals surface area contributed by atoms with Gasteiger partial charge in [0.2, 0.25) is 0 Å². The van der Waals surface area contributed by atoms with E-state index < -0.39 is 0 Å². The maximum Gasteiger partial charge on any atom is 0.0670 e. The van der Waals surface area contributed by atoms with Crippen molar-refractivity contribution in [3.05, 3.63) is 31.8 Å². The van der Waals surface area contributed by atoms with Crippen molar-refractivity contribution in [1.82, 2.24) is 0 Å². The molecule has 0 aliphatic rings. The van der Waals surface area contributed by atoms with Crippen molar-refractivity contribution in [3.63, 3.8) is 0 Å². The highest BCUT2D eigenvalue weighted by atomic mass is 127. The fourth-order valence-electron chi connectivity index (χ4n) is 0.764. The second-order valence-electron chi connectivity index (χ2n) is 2.07. The van der Waals surface area contributed by atoms with Gasteiger partial charge in [0.05, 0.1) is 12.5 Å². The maximum absolute atomic E-state index is 8.47. The van der Waals surface area contributed by atoms with E-state index in [9.17, 15) is 0 Å². The molecule has 1 rings (SSSR count). The molecule has 0 aliphatic heterocycles. The quantitative estimate of drug-likeness (QED) is 0.729. The second kappa shape index (κ2) is 4.07. The molecule has 11 heavy (non-hydrogen) atoms. The van der Waals surface area contributed by atoms with Crippen LogP contribution in [0.1, 0.15) is 5.56 Å². The molecule has 0 atom stereocenters. The Bertz CT molecular complexity index is 303. The fourth-order valence-corrected chi connectivity index (χ4v) is 1.70. The minimum Gasteiger partial charge on any atom is -0.198 e. The molecule has 0 radical (unpaired) electrons. The van der Waals surface area contributed by atoms with Crippen LogP contribution in [0.15, 0.2) is 22.7 Å². The van der Waals surface area contributed by atoms with Crippen molar-refractivity contribution < 1.29 is 0 Å². The highest BCUT2D eigenvalue weighted by Crippen LogP contribution is 2.18. The Morgan fingerprint density at radius 2 is 2.27 bits per heavy atom. The van der Waals surface area contributed by atoms with E-state index in [0.717, 1.165) is 13.6 Å². The van der Waals surface area contributed by atoms with Crippen molar-refractivity contribution in [2.24, 2.45) is 0 Å². The third-order valence-electron chi connectivity index (χ3n) is 1.28. The smallest absolute Gasteiger partial charge is 0.0670 e. The van der Waals surface area contributed by atoms with E-state index in [1.807, 2.05) is 18.2 Å². The van der Waals surface area contributed by atoms with Gasteiger partial charge in [-0.1, -0.05) is 15.9 Å². The van der Waals surface area contributed by atoms with Gasteiger partial charge < -0.3 is 0 Å². The molecule has 0 spiro atoms. The third-order valence-corrected chi connectivity index (χ3v) is 2.82. The zero-order chi connectivity index (χ0) is 8.27. The lowest BCUT2D eigenvalue weighted by Gasteiger charge is -1.98. The van der Waals surface area contributed by atoms with Crippen LogP contribution in [0.3, 0.4) is 0 Å². The molecule has 0 fully saturated rings. The van der Waals surface area contributed by atoms with Crippen LogP contribution < -0.4 is 0 Å². The van der Waals surface area contributed by atoms with Gasteiger partial charge in [0.1, 0.15) is 0 Å². The molecule has 0 amide bonds. The molecule has 1 aromatic rings. The summed E-state index contributed by atoms with van der Waals surface area (Å²) in [5, 5.41) is 8.47. The van der Waals surface area contributed by atoms with Crippen LogP contribution in [0.4, 0.5) is 0 Å². The number of nitrogens with zero attached hydrogens (tertiary/aromatic N) is 1. The summed E-state index contributed by atoms with van der Waals surface area (Å²) in [4.78, 5) is 0. The van der Waals surface area contributed by atoms with Gasteiger partial charge in [0, 0.05) is 8.04 Å². The molecular formula is C8H5BrIN. The van der Waals surface area contributed by atoms with E-state index in [4.69, 9.17) is 5.26 Å². The predicted octanol–water partition coefficient (Wildman–Crippen LogP) is 3.12. The van der Waals surface area contributed by atoms with E-state index >= 15 is 0 Å². The molecule has 3 heteroatoms. The Hall–Kier alpha value is -0.0800. The Kier molecular flexibility index (Phi) is 3.34. The molecule has 1 nitrogen and oxygen atoms in total. The van der Waals surface area contributed by atoms with Crippen LogP contribution in [0.25, 0.3) is 0 Å². The average molecular weight is 322 g/mol. The zero-order valence-corrected chi connectivity index (χ0v) is 9.39. The molecule has 0 unspecified atom stereocenters. The molecule has 0 saturated carbocycles. The van der Waals surface area contributed by atoms with Crippen molar-refractivity contribution >= 4 is 38.5 Å². The highest BCUT2D eigenvalue weighted by Gasteiger charge is 1.98. The van der Waals surface area contributed by atoms with E-state index in [-0.39, 0.29) is 0 Å². The third kappa shape index (κ3) is 2.46. The van der Waals surface area contributed by atoms with Gasteiger partial charge in [0.15, 0.2) is 0 Å². The van der Waals surface area contributed by atoms with Gasteiger partial charge in [0.25, 0.3) is 0 Å². The van der Waals surface area contributed by atoms with Crippen LogP contribution in [0, 0.1) is 14.9 Å². The van der Waals surface area contributed by atoms with Crippen molar-refractivity contribution in [3.8, 4) is 6.07 Å². The molecule has 0 heterocycles. The van der Waals surface area contributed by atoms with Gasteiger partial charge >= 0.3 is 0 Å². The van der Waals surface area contributed by atoms with Crippen molar-refractivity contribution in [2.75, 3.05) is 0 Å². The summed E-state index contributed by atoms with van der Waals surface area (Å²) < 4.78 is 2.18. The summed E-state index contributed by atoms with van der Waals surface area (Å²) >= 11 is 5.58. The van der Waals surface area contributed by atoms with E-state index in [1.54, 1.807) is 0 Å². The molecule has 0 bridgehead atoms. The minimum absolute atomic E-state index is 0.484. The first kappa shape index (κ1) is 9.01. The standard InChI is InChI=1S/C8H5BrIN/c9-7-1-2-8(10)6(5-7)3-4-11/h1-2,5H,3H2. The topological polar surface area (TPSA) is 23.8 Å². The average Bonchev–Trinajstić information content (AvgIpc) is 1.98. The van der Waals surface area contributed by atoms with Gasteiger partial charge in [-0.2, -0.15) is 5.26 Å². The molecular weight excluding hydrogens is 317 g/mol. The van der Waals surface area contributed by atoms with Crippen LogP contribution >= 0.6 is 38.5 Å². The second-order valence-corrected chi connectivity index (χ2v) is 4.15. The number of hydrogen-bond donors (Lipinski definition) is 0. The summed E-state index contributed by atoms with van der Waals surface area (Å²) in [6.45, 7) is 0. The molecule has 1 aromatic carbocycles. The lowest BCUT2D eigenvalue weighted by atomic mass is 10.2. The van der Waals surface area contributed by atoms with Crippen molar-refractivity contribution in [2.45, 2.75) is 6.42 Å². The Morgan fingerprint density at radius 3 is 2.91 bits per heavy atom. The van der Waals surface area contributed by atoms with Crippen LogP contribution in [0.5, 0.6) is 0 Å². The van der Waals surface area contributed by atoms with Gasteiger partial charge in [-0.05, 0) is 46.4 Å². The lowest BCUT2D eigenvalue weighted by Crippen LogP contribution is -1.85. The highest BCUT2D eigenvalue weighted by molar-refractivity contribution is 14.1. The van der Waals surface area contributed by atoms with E-state index in [0.29, 0.717) is 6.42 Å². The SMILES string of the molecule is N#CCc1cc(Br)ccc1I. The molecule has 56 valence electrons. The van der Waals surface area contributed by atoms with E-state index in [2.05, 4.69) is 44.6 Å². The number of benzene rings is 1. The van der Waals surface area contributed by atoms with Gasteiger partial charge in [-0.25, -0.2) is 0 Å². The van der Waals surface area contributed by atoms with Crippen LogP contribution in [0.2, 0.25) is 0 Å². The number of hydrogen-bond acceptors (Lipinski definition) is 1. The van der Waals surface area contributed by atoms with Crippen LogP contribution in [-0.2, 0) is 6.42 Å². The Labute approximate surface area is 87.7 Å². The molecule has 0 N–H and O–H groups in total. The first-order valence-electron chi connectivity index (χ1n) is 3.05. The Balaban J connectivity index is 3.05. The monoisotopic (exact) mass is 321 g/mol. The Morgan fingerprint density at radius 1 is 1.55 bits per heavy atom. The first-order chi connectivity index (χ1) is 5.24. The van der Waals surface area contributed by atoms with Crippen molar-refractivity contribution in [1.29, 1.82) is 5.26 Å². The first-order valence-corrected chi connectivity index (χ1v) is 4.92. The number of nitriles is 1.